The van der Waals surface area contributed by atoms with Crippen LogP contribution < -0.4 is 5.32 Å². The molecule has 0 saturated heterocycles. The molecule has 0 aromatic carbocycles. The second kappa shape index (κ2) is 5.29. The molecule has 0 bridgehead atoms. The maximum Gasteiger partial charge on any atom is 0.416 e. The molecule has 0 spiro atoms. The van der Waals surface area contributed by atoms with Crippen LogP contribution in [0.1, 0.15) is 11.3 Å². The highest BCUT2D eigenvalue weighted by molar-refractivity contribution is 5.38. The van der Waals surface area contributed by atoms with Gasteiger partial charge in [0.15, 0.2) is 0 Å². The topological polar surface area (TPSA) is 42.7 Å². The van der Waals surface area contributed by atoms with Gasteiger partial charge in [-0.05, 0) is 18.2 Å². The van der Waals surface area contributed by atoms with E-state index in [4.69, 9.17) is 0 Å². The van der Waals surface area contributed by atoms with Gasteiger partial charge in [0.2, 0.25) is 0 Å². The van der Waals surface area contributed by atoms with Gasteiger partial charge in [0, 0.05) is 32.4 Å². The lowest BCUT2D eigenvalue weighted by atomic mass is 10.2. The molecule has 0 aliphatic rings. The zero-order valence-electron chi connectivity index (χ0n) is 10.3. The van der Waals surface area contributed by atoms with Crippen LogP contribution in [0, 0.1) is 0 Å². The van der Waals surface area contributed by atoms with Crippen molar-refractivity contribution in [1.29, 1.82) is 0 Å². The van der Waals surface area contributed by atoms with Gasteiger partial charge in [-0.25, -0.2) is 4.98 Å². The number of alkyl halides is 3. The molecule has 0 amide bonds. The van der Waals surface area contributed by atoms with Gasteiger partial charge in [-0.2, -0.15) is 18.3 Å². The molecule has 0 radical (unpaired) electrons. The Morgan fingerprint density at radius 2 is 2.11 bits per heavy atom. The van der Waals surface area contributed by atoms with Crippen molar-refractivity contribution in [3.63, 3.8) is 0 Å². The number of pyridine rings is 1. The average molecular weight is 270 g/mol. The van der Waals surface area contributed by atoms with E-state index in [1.807, 2.05) is 19.3 Å². The van der Waals surface area contributed by atoms with E-state index in [0.29, 0.717) is 13.0 Å². The fourth-order valence-corrected chi connectivity index (χ4v) is 1.62. The number of rotatable bonds is 4. The normalized spacial score (nSPS) is 11.6. The Kier molecular flexibility index (Phi) is 3.73. The molecular weight excluding hydrogens is 257 g/mol. The van der Waals surface area contributed by atoms with Crippen molar-refractivity contribution >= 4 is 5.82 Å². The number of halogens is 3. The maximum absolute atomic E-state index is 12.5. The molecule has 0 fully saturated rings. The van der Waals surface area contributed by atoms with Crippen molar-refractivity contribution in [2.24, 2.45) is 7.05 Å². The van der Waals surface area contributed by atoms with E-state index >= 15 is 0 Å². The quantitative estimate of drug-likeness (QED) is 0.928. The van der Waals surface area contributed by atoms with Crippen LogP contribution in [0.2, 0.25) is 0 Å². The van der Waals surface area contributed by atoms with Crippen molar-refractivity contribution in [2.45, 2.75) is 12.6 Å². The van der Waals surface area contributed by atoms with E-state index in [-0.39, 0.29) is 5.82 Å². The minimum atomic E-state index is -4.35. The molecule has 0 aliphatic heterocycles. The first kappa shape index (κ1) is 13.4. The standard InChI is InChI=1S/C12H13F3N4/c1-19-7-4-10(18-19)3-6-17-11-8-9(2-5-16-11)12(13,14)15/h2,4-5,7-8H,3,6H2,1H3,(H,16,17). The summed E-state index contributed by atoms with van der Waals surface area (Å²) in [5.41, 5.74) is 0.171. The highest BCUT2D eigenvalue weighted by Crippen LogP contribution is 2.29. The van der Waals surface area contributed by atoms with Gasteiger partial charge in [-0.15, -0.1) is 0 Å². The van der Waals surface area contributed by atoms with Gasteiger partial charge in [0.05, 0.1) is 11.3 Å². The van der Waals surface area contributed by atoms with Crippen molar-refractivity contribution in [1.82, 2.24) is 14.8 Å². The van der Waals surface area contributed by atoms with E-state index < -0.39 is 11.7 Å². The molecule has 19 heavy (non-hydrogen) atoms. The summed E-state index contributed by atoms with van der Waals surface area (Å²) in [6, 6.07) is 3.81. The van der Waals surface area contributed by atoms with Crippen LogP contribution in [0.25, 0.3) is 0 Å². The predicted octanol–water partition coefficient (Wildman–Crippen LogP) is 2.49. The highest BCUT2D eigenvalue weighted by Gasteiger charge is 2.30. The third-order valence-corrected chi connectivity index (χ3v) is 2.54. The fraction of sp³-hybridized carbons (Fsp3) is 0.333. The molecular formula is C12H13F3N4. The first-order valence-electron chi connectivity index (χ1n) is 5.71. The molecule has 1 N–H and O–H groups in total. The van der Waals surface area contributed by atoms with Gasteiger partial charge < -0.3 is 5.32 Å². The number of aryl methyl sites for hydroxylation is 1. The summed E-state index contributed by atoms with van der Waals surface area (Å²) in [4.78, 5) is 3.85. The Labute approximate surface area is 108 Å². The fourth-order valence-electron chi connectivity index (χ4n) is 1.62. The molecule has 2 rings (SSSR count). The van der Waals surface area contributed by atoms with Crippen LogP contribution in [0.4, 0.5) is 19.0 Å². The van der Waals surface area contributed by atoms with E-state index in [1.165, 1.54) is 0 Å². The first-order chi connectivity index (χ1) is 8.95. The summed E-state index contributed by atoms with van der Waals surface area (Å²) < 4.78 is 39.1. The summed E-state index contributed by atoms with van der Waals surface area (Å²) in [5, 5.41) is 7.03. The summed E-state index contributed by atoms with van der Waals surface area (Å²) in [7, 11) is 1.81. The molecule has 2 aromatic heterocycles. The van der Waals surface area contributed by atoms with E-state index in [0.717, 1.165) is 24.0 Å². The van der Waals surface area contributed by atoms with Crippen LogP contribution in [-0.2, 0) is 19.6 Å². The van der Waals surface area contributed by atoms with Gasteiger partial charge >= 0.3 is 6.18 Å². The number of anilines is 1. The zero-order chi connectivity index (χ0) is 13.9. The van der Waals surface area contributed by atoms with Crippen LogP contribution in [0.15, 0.2) is 30.6 Å². The molecule has 2 aromatic rings. The Balaban J connectivity index is 1.93. The van der Waals surface area contributed by atoms with Crippen LogP contribution in [-0.4, -0.2) is 21.3 Å². The first-order valence-corrected chi connectivity index (χ1v) is 5.71. The zero-order valence-corrected chi connectivity index (χ0v) is 10.3. The van der Waals surface area contributed by atoms with E-state index in [9.17, 15) is 13.2 Å². The van der Waals surface area contributed by atoms with Gasteiger partial charge in [-0.1, -0.05) is 0 Å². The number of aromatic nitrogens is 3. The SMILES string of the molecule is Cn1ccc(CCNc2cc(C(F)(F)F)ccn2)n1. The van der Waals surface area contributed by atoms with Crippen molar-refractivity contribution in [3.05, 3.63) is 41.9 Å². The molecule has 7 heteroatoms. The predicted molar refractivity (Wildman–Crippen MR) is 64.6 cm³/mol. The second-order valence-corrected chi connectivity index (χ2v) is 4.09. The number of nitrogens with zero attached hydrogens (tertiary/aromatic N) is 3. The molecule has 0 unspecified atom stereocenters. The summed E-state index contributed by atoms with van der Waals surface area (Å²) in [6.45, 7) is 0.478. The van der Waals surface area contributed by atoms with Crippen molar-refractivity contribution in [3.8, 4) is 0 Å². The maximum atomic E-state index is 12.5. The Morgan fingerprint density at radius 1 is 1.32 bits per heavy atom. The number of nitrogens with one attached hydrogen (secondary N) is 1. The van der Waals surface area contributed by atoms with Gasteiger partial charge in [0.1, 0.15) is 5.82 Å². The number of hydrogen-bond acceptors (Lipinski definition) is 3. The van der Waals surface area contributed by atoms with Crippen molar-refractivity contribution < 1.29 is 13.2 Å². The summed E-state index contributed by atoms with van der Waals surface area (Å²) in [6.07, 6.45) is -0.761. The molecule has 102 valence electrons. The van der Waals surface area contributed by atoms with Gasteiger partial charge in [-0.3, -0.25) is 4.68 Å². The second-order valence-electron chi connectivity index (χ2n) is 4.09. The summed E-state index contributed by atoms with van der Waals surface area (Å²) in [5.74, 6) is 0.214. The third-order valence-electron chi connectivity index (χ3n) is 2.54. The van der Waals surface area contributed by atoms with E-state index in [2.05, 4.69) is 15.4 Å². The summed E-state index contributed by atoms with van der Waals surface area (Å²) >= 11 is 0. The largest absolute Gasteiger partial charge is 0.416 e. The van der Waals surface area contributed by atoms with E-state index in [1.54, 1.807) is 4.68 Å². The van der Waals surface area contributed by atoms with Crippen molar-refractivity contribution in [2.75, 3.05) is 11.9 Å². The van der Waals surface area contributed by atoms with Crippen LogP contribution in [0.5, 0.6) is 0 Å². The number of hydrogen-bond donors (Lipinski definition) is 1. The lowest BCUT2D eigenvalue weighted by Gasteiger charge is -2.09. The molecule has 0 atom stereocenters. The highest BCUT2D eigenvalue weighted by atomic mass is 19.4. The van der Waals surface area contributed by atoms with Crippen LogP contribution in [0.3, 0.4) is 0 Å². The minimum Gasteiger partial charge on any atom is -0.370 e. The molecule has 2 heterocycles. The monoisotopic (exact) mass is 270 g/mol. The molecule has 4 nitrogen and oxygen atoms in total. The lowest BCUT2D eigenvalue weighted by Crippen LogP contribution is -2.10. The smallest absolute Gasteiger partial charge is 0.370 e. The molecule has 0 aliphatic carbocycles. The Bertz CT molecular complexity index is 548. The lowest BCUT2D eigenvalue weighted by molar-refractivity contribution is -0.137. The Hall–Kier alpha value is -2.05. The minimum absolute atomic E-state index is 0.214. The average Bonchev–Trinajstić information content (AvgIpc) is 2.74. The Morgan fingerprint density at radius 3 is 2.74 bits per heavy atom. The molecule has 0 saturated carbocycles. The third kappa shape index (κ3) is 3.70. The van der Waals surface area contributed by atoms with Crippen LogP contribution >= 0.6 is 0 Å². The van der Waals surface area contributed by atoms with Gasteiger partial charge in [0.25, 0.3) is 0 Å².